The lowest BCUT2D eigenvalue weighted by molar-refractivity contribution is -0.134. The second-order valence-corrected chi connectivity index (χ2v) is 9.04. The third kappa shape index (κ3) is 4.25. The minimum Gasteiger partial charge on any atom is -0.497 e. The van der Waals surface area contributed by atoms with Crippen molar-refractivity contribution in [2.45, 2.75) is 31.2 Å². The molecular formula is C29H30N2O4. The lowest BCUT2D eigenvalue weighted by atomic mass is 9.78. The summed E-state index contributed by atoms with van der Waals surface area (Å²) < 4.78 is 10.7. The van der Waals surface area contributed by atoms with E-state index in [1.807, 2.05) is 77.7 Å². The van der Waals surface area contributed by atoms with Gasteiger partial charge in [-0.15, -0.1) is 0 Å². The zero-order valence-electron chi connectivity index (χ0n) is 20.1. The van der Waals surface area contributed by atoms with Gasteiger partial charge in [-0.2, -0.15) is 0 Å². The van der Waals surface area contributed by atoms with E-state index in [2.05, 4.69) is 0 Å². The van der Waals surface area contributed by atoms with Crippen LogP contribution in [0.3, 0.4) is 0 Å². The lowest BCUT2D eigenvalue weighted by Gasteiger charge is -2.43. The van der Waals surface area contributed by atoms with Gasteiger partial charge < -0.3 is 14.4 Å². The minimum atomic E-state index is -0.516. The normalized spacial score (nSPS) is 19.8. The zero-order valence-corrected chi connectivity index (χ0v) is 20.1. The third-order valence-corrected chi connectivity index (χ3v) is 7.08. The summed E-state index contributed by atoms with van der Waals surface area (Å²) in [5.41, 5.74) is 2.98. The SMILES string of the molecule is COc1ccc(C2C(C(=O)N3CCCCC3)c3ccccc3C(=O)N2c2ccc(OC)cc2)cc1. The predicted octanol–water partition coefficient (Wildman–Crippen LogP) is 5.20. The van der Waals surface area contributed by atoms with Gasteiger partial charge in [-0.1, -0.05) is 30.3 Å². The van der Waals surface area contributed by atoms with Crippen molar-refractivity contribution in [2.24, 2.45) is 0 Å². The van der Waals surface area contributed by atoms with Crippen LogP contribution >= 0.6 is 0 Å². The first-order valence-electron chi connectivity index (χ1n) is 12.1. The molecule has 0 aromatic heterocycles. The van der Waals surface area contributed by atoms with E-state index >= 15 is 0 Å². The molecule has 0 aliphatic carbocycles. The van der Waals surface area contributed by atoms with E-state index < -0.39 is 12.0 Å². The highest BCUT2D eigenvalue weighted by Gasteiger charge is 2.46. The fraction of sp³-hybridized carbons (Fsp3) is 0.310. The van der Waals surface area contributed by atoms with Gasteiger partial charge in [0.05, 0.1) is 26.2 Å². The maximum absolute atomic E-state index is 14.1. The van der Waals surface area contributed by atoms with E-state index in [1.165, 1.54) is 0 Å². The smallest absolute Gasteiger partial charge is 0.259 e. The van der Waals surface area contributed by atoms with Gasteiger partial charge in [-0.05, 0) is 72.9 Å². The topological polar surface area (TPSA) is 59.1 Å². The highest BCUT2D eigenvalue weighted by molar-refractivity contribution is 6.11. The van der Waals surface area contributed by atoms with Crippen molar-refractivity contribution in [3.63, 3.8) is 0 Å². The molecule has 0 spiro atoms. The van der Waals surface area contributed by atoms with Crippen molar-refractivity contribution < 1.29 is 19.1 Å². The summed E-state index contributed by atoms with van der Waals surface area (Å²) in [6.45, 7) is 1.51. The summed E-state index contributed by atoms with van der Waals surface area (Å²) in [5.74, 6) is 0.877. The van der Waals surface area contributed by atoms with Crippen LogP contribution in [0.1, 0.15) is 52.7 Å². The van der Waals surface area contributed by atoms with Crippen molar-refractivity contribution in [3.8, 4) is 11.5 Å². The molecule has 2 atom stereocenters. The quantitative estimate of drug-likeness (QED) is 0.514. The van der Waals surface area contributed by atoms with Crippen LogP contribution in [0.25, 0.3) is 0 Å². The number of nitrogens with zero attached hydrogens (tertiary/aromatic N) is 2. The van der Waals surface area contributed by atoms with E-state index in [9.17, 15) is 9.59 Å². The lowest BCUT2D eigenvalue weighted by Crippen LogP contribution is -2.49. The molecule has 5 rings (SSSR count). The predicted molar refractivity (Wildman–Crippen MR) is 135 cm³/mol. The molecule has 0 saturated carbocycles. The number of methoxy groups -OCH3 is 2. The van der Waals surface area contributed by atoms with E-state index in [0.717, 1.165) is 54.9 Å². The number of likely N-dealkylation sites (tertiary alicyclic amines) is 1. The van der Waals surface area contributed by atoms with Crippen molar-refractivity contribution in [1.29, 1.82) is 0 Å². The van der Waals surface area contributed by atoms with Crippen LogP contribution in [-0.4, -0.2) is 44.0 Å². The Morgan fingerprint density at radius 2 is 1.40 bits per heavy atom. The van der Waals surface area contributed by atoms with Crippen molar-refractivity contribution >= 4 is 17.5 Å². The zero-order chi connectivity index (χ0) is 24.4. The van der Waals surface area contributed by atoms with Gasteiger partial charge in [0.15, 0.2) is 0 Å². The fourth-order valence-electron chi connectivity index (χ4n) is 5.28. The molecular weight excluding hydrogens is 440 g/mol. The number of amides is 2. The molecule has 1 saturated heterocycles. The maximum atomic E-state index is 14.1. The number of anilines is 1. The van der Waals surface area contributed by atoms with Crippen LogP contribution in [-0.2, 0) is 4.79 Å². The average molecular weight is 471 g/mol. The Bertz CT molecular complexity index is 1200. The number of ether oxygens (including phenoxy) is 2. The van der Waals surface area contributed by atoms with Crippen LogP contribution in [0.2, 0.25) is 0 Å². The summed E-state index contributed by atoms with van der Waals surface area (Å²) in [6, 6.07) is 22.2. The maximum Gasteiger partial charge on any atom is 0.259 e. The van der Waals surface area contributed by atoms with Gasteiger partial charge >= 0.3 is 0 Å². The Morgan fingerprint density at radius 3 is 2.03 bits per heavy atom. The first-order valence-corrected chi connectivity index (χ1v) is 12.1. The molecule has 2 aliphatic rings. The second kappa shape index (κ2) is 9.82. The molecule has 0 bridgehead atoms. The molecule has 0 radical (unpaired) electrons. The molecule has 0 N–H and O–H groups in total. The van der Waals surface area contributed by atoms with E-state index in [1.54, 1.807) is 19.1 Å². The monoisotopic (exact) mass is 470 g/mol. The van der Waals surface area contributed by atoms with Crippen LogP contribution in [0.15, 0.2) is 72.8 Å². The molecule has 6 heteroatoms. The van der Waals surface area contributed by atoms with E-state index in [-0.39, 0.29) is 11.8 Å². The number of carbonyl (C=O) groups excluding carboxylic acids is 2. The summed E-state index contributed by atoms with van der Waals surface area (Å²) in [7, 11) is 3.24. The van der Waals surface area contributed by atoms with E-state index in [0.29, 0.717) is 11.3 Å². The summed E-state index contributed by atoms with van der Waals surface area (Å²) in [4.78, 5) is 31.9. The molecule has 2 amide bonds. The Balaban J connectivity index is 1.69. The molecule has 3 aromatic carbocycles. The van der Waals surface area contributed by atoms with Gasteiger partial charge in [0.2, 0.25) is 5.91 Å². The highest BCUT2D eigenvalue weighted by atomic mass is 16.5. The molecule has 2 aliphatic heterocycles. The highest BCUT2D eigenvalue weighted by Crippen LogP contribution is 2.46. The summed E-state index contributed by atoms with van der Waals surface area (Å²) in [5, 5.41) is 0. The molecule has 1 fully saturated rings. The third-order valence-electron chi connectivity index (χ3n) is 7.08. The summed E-state index contributed by atoms with van der Waals surface area (Å²) in [6.07, 6.45) is 3.16. The number of hydrogen-bond donors (Lipinski definition) is 0. The van der Waals surface area contributed by atoms with Crippen molar-refractivity contribution in [3.05, 3.63) is 89.5 Å². The van der Waals surface area contributed by atoms with Gasteiger partial charge in [0.1, 0.15) is 11.5 Å². The Labute approximate surface area is 206 Å². The number of rotatable bonds is 5. The van der Waals surface area contributed by atoms with Crippen LogP contribution in [0.5, 0.6) is 11.5 Å². The first kappa shape index (κ1) is 23.0. The Kier molecular flexibility index (Phi) is 6.45. The molecule has 35 heavy (non-hydrogen) atoms. The number of fused-ring (bicyclic) bond motifs is 1. The van der Waals surface area contributed by atoms with Crippen LogP contribution in [0.4, 0.5) is 5.69 Å². The Morgan fingerprint density at radius 1 is 0.800 bits per heavy atom. The average Bonchev–Trinajstić information content (AvgIpc) is 2.93. The Hall–Kier alpha value is -3.80. The van der Waals surface area contributed by atoms with Gasteiger partial charge in [-0.3, -0.25) is 14.5 Å². The summed E-state index contributed by atoms with van der Waals surface area (Å²) >= 11 is 0. The molecule has 2 unspecified atom stereocenters. The first-order chi connectivity index (χ1) is 17.1. The van der Waals surface area contributed by atoms with Gasteiger partial charge in [0.25, 0.3) is 5.91 Å². The fourth-order valence-corrected chi connectivity index (χ4v) is 5.28. The van der Waals surface area contributed by atoms with Crippen molar-refractivity contribution in [1.82, 2.24) is 4.90 Å². The molecule has 6 nitrogen and oxygen atoms in total. The number of benzene rings is 3. The van der Waals surface area contributed by atoms with Crippen LogP contribution < -0.4 is 14.4 Å². The number of carbonyl (C=O) groups is 2. The van der Waals surface area contributed by atoms with E-state index in [4.69, 9.17) is 9.47 Å². The molecule has 180 valence electrons. The minimum absolute atomic E-state index is 0.0731. The number of piperidine rings is 1. The largest absolute Gasteiger partial charge is 0.497 e. The van der Waals surface area contributed by atoms with Crippen molar-refractivity contribution in [2.75, 3.05) is 32.2 Å². The van der Waals surface area contributed by atoms with Gasteiger partial charge in [0, 0.05) is 24.3 Å². The standard InChI is InChI=1S/C29H30N2O4/c1-34-22-14-10-20(11-15-22)27-26(29(33)30-18-6-3-7-19-30)24-8-4-5-9-25(24)28(32)31(27)21-12-16-23(35-2)17-13-21/h4-5,8-17,26-27H,3,6-7,18-19H2,1-2H3. The van der Waals surface area contributed by atoms with Gasteiger partial charge in [-0.25, -0.2) is 0 Å². The number of hydrogen-bond acceptors (Lipinski definition) is 4. The molecule has 2 heterocycles. The second-order valence-electron chi connectivity index (χ2n) is 9.04. The molecule has 3 aromatic rings. The van der Waals surface area contributed by atoms with Crippen LogP contribution in [0, 0.1) is 0 Å².